The third-order valence-corrected chi connectivity index (χ3v) is 2.63. The van der Waals surface area contributed by atoms with E-state index >= 15 is 0 Å². The molecule has 3 N–H and O–H groups in total. The molecule has 0 fully saturated rings. The number of hydrogen-bond donors (Lipinski definition) is 3. The van der Waals surface area contributed by atoms with Crippen LogP contribution in [0.2, 0.25) is 0 Å². The van der Waals surface area contributed by atoms with Crippen LogP contribution in [0.4, 0.5) is 0 Å². The van der Waals surface area contributed by atoms with E-state index in [0.29, 0.717) is 13.0 Å². The van der Waals surface area contributed by atoms with Crippen molar-refractivity contribution in [1.82, 2.24) is 10.2 Å². The highest BCUT2D eigenvalue weighted by atomic mass is 16.3. The molecule has 0 aliphatic carbocycles. The van der Waals surface area contributed by atoms with Crippen molar-refractivity contribution in [3.8, 4) is 11.5 Å². The van der Waals surface area contributed by atoms with Gasteiger partial charge in [0.25, 0.3) is 5.91 Å². The Morgan fingerprint density at radius 1 is 1.26 bits per heavy atom. The van der Waals surface area contributed by atoms with E-state index in [4.69, 9.17) is 0 Å². The van der Waals surface area contributed by atoms with Crippen molar-refractivity contribution in [1.29, 1.82) is 0 Å². The average molecular weight is 266 g/mol. The Labute approximate surface area is 111 Å². The van der Waals surface area contributed by atoms with Crippen LogP contribution in [0.15, 0.2) is 18.2 Å². The lowest BCUT2D eigenvalue weighted by Gasteiger charge is -2.22. The van der Waals surface area contributed by atoms with Crippen molar-refractivity contribution in [2.75, 3.05) is 20.1 Å². The topological polar surface area (TPSA) is 89.9 Å². The fourth-order valence-electron chi connectivity index (χ4n) is 1.68. The standard InChI is InChI=1S/C13H18N2O4/c1-3-7-15(8-11(18)14-2)13(19)12-9(16)5-4-6-10(12)17/h4-6,16-17H,3,7-8H2,1-2H3,(H,14,18). The van der Waals surface area contributed by atoms with Crippen molar-refractivity contribution >= 4 is 11.8 Å². The predicted octanol–water partition coefficient (Wildman–Crippen LogP) is 0.696. The quantitative estimate of drug-likeness (QED) is 0.731. The zero-order valence-electron chi connectivity index (χ0n) is 11.0. The highest BCUT2D eigenvalue weighted by Crippen LogP contribution is 2.27. The summed E-state index contributed by atoms with van der Waals surface area (Å²) in [6.45, 7) is 2.12. The lowest BCUT2D eigenvalue weighted by Crippen LogP contribution is -2.40. The molecular weight excluding hydrogens is 248 g/mol. The van der Waals surface area contributed by atoms with Crippen molar-refractivity contribution < 1.29 is 19.8 Å². The van der Waals surface area contributed by atoms with Crippen LogP contribution in [0.25, 0.3) is 0 Å². The van der Waals surface area contributed by atoms with E-state index in [0.717, 1.165) is 0 Å². The lowest BCUT2D eigenvalue weighted by molar-refractivity contribution is -0.121. The Morgan fingerprint density at radius 2 is 1.84 bits per heavy atom. The third-order valence-electron chi connectivity index (χ3n) is 2.63. The normalized spacial score (nSPS) is 10.0. The van der Waals surface area contributed by atoms with Gasteiger partial charge in [0.2, 0.25) is 5.91 Å². The molecule has 6 heteroatoms. The molecule has 0 unspecified atom stereocenters. The first kappa shape index (κ1) is 14.8. The van der Waals surface area contributed by atoms with Crippen molar-refractivity contribution in [2.24, 2.45) is 0 Å². The second-order valence-electron chi connectivity index (χ2n) is 4.07. The molecule has 0 heterocycles. The van der Waals surface area contributed by atoms with Gasteiger partial charge in [-0.05, 0) is 18.6 Å². The molecule has 0 aliphatic heterocycles. The molecule has 1 aromatic rings. The Bertz CT molecular complexity index is 453. The highest BCUT2D eigenvalue weighted by molar-refractivity contribution is 6.01. The van der Waals surface area contributed by atoms with E-state index in [1.165, 1.54) is 30.1 Å². The van der Waals surface area contributed by atoms with E-state index in [9.17, 15) is 19.8 Å². The summed E-state index contributed by atoms with van der Waals surface area (Å²) >= 11 is 0. The van der Waals surface area contributed by atoms with Gasteiger partial charge in [0.1, 0.15) is 17.1 Å². The summed E-state index contributed by atoms with van der Waals surface area (Å²) in [6.07, 6.45) is 0.664. The van der Waals surface area contributed by atoms with Gasteiger partial charge >= 0.3 is 0 Å². The molecule has 1 rings (SSSR count). The minimum absolute atomic E-state index is 0.114. The predicted molar refractivity (Wildman–Crippen MR) is 70.0 cm³/mol. The van der Waals surface area contributed by atoms with Crippen LogP contribution in [0.3, 0.4) is 0 Å². The first-order valence-electron chi connectivity index (χ1n) is 6.02. The third kappa shape index (κ3) is 3.61. The van der Waals surface area contributed by atoms with E-state index in [2.05, 4.69) is 5.32 Å². The molecule has 19 heavy (non-hydrogen) atoms. The maximum absolute atomic E-state index is 12.3. The zero-order valence-corrected chi connectivity index (χ0v) is 11.0. The summed E-state index contributed by atoms with van der Waals surface area (Å²) in [6, 6.07) is 4.07. The molecule has 0 radical (unpaired) electrons. The summed E-state index contributed by atoms with van der Waals surface area (Å²) < 4.78 is 0. The molecule has 0 aromatic heterocycles. The molecular formula is C13H18N2O4. The van der Waals surface area contributed by atoms with Crippen LogP contribution in [0.1, 0.15) is 23.7 Å². The molecule has 0 aliphatic rings. The Hall–Kier alpha value is -2.24. The number of aromatic hydroxyl groups is 2. The van der Waals surface area contributed by atoms with Crippen LogP contribution >= 0.6 is 0 Å². The molecule has 6 nitrogen and oxygen atoms in total. The smallest absolute Gasteiger partial charge is 0.261 e. The van der Waals surface area contributed by atoms with Gasteiger partial charge in [-0.1, -0.05) is 13.0 Å². The summed E-state index contributed by atoms with van der Waals surface area (Å²) in [5, 5.41) is 21.8. The van der Waals surface area contributed by atoms with E-state index in [1.54, 1.807) is 0 Å². The number of phenolic OH excluding ortho intramolecular Hbond substituents is 2. The van der Waals surface area contributed by atoms with Gasteiger partial charge < -0.3 is 20.4 Å². The molecule has 0 saturated carbocycles. The van der Waals surface area contributed by atoms with Gasteiger partial charge in [0, 0.05) is 13.6 Å². The number of hydrogen-bond acceptors (Lipinski definition) is 4. The largest absolute Gasteiger partial charge is 0.507 e. The lowest BCUT2D eigenvalue weighted by atomic mass is 10.1. The molecule has 1 aromatic carbocycles. The molecule has 0 atom stereocenters. The Morgan fingerprint density at radius 3 is 2.32 bits per heavy atom. The number of benzene rings is 1. The summed E-state index contributed by atoms with van der Waals surface area (Å²) in [7, 11) is 1.48. The molecule has 0 spiro atoms. The minimum Gasteiger partial charge on any atom is -0.507 e. The van der Waals surface area contributed by atoms with Gasteiger partial charge in [-0.3, -0.25) is 9.59 Å². The maximum Gasteiger partial charge on any atom is 0.261 e. The van der Waals surface area contributed by atoms with Crippen LogP contribution < -0.4 is 5.32 Å². The summed E-state index contributed by atoms with van der Waals surface area (Å²) in [4.78, 5) is 24.9. The number of rotatable bonds is 5. The van der Waals surface area contributed by atoms with E-state index in [1.807, 2.05) is 6.92 Å². The van der Waals surface area contributed by atoms with Crippen LogP contribution in [0.5, 0.6) is 11.5 Å². The minimum atomic E-state index is -0.568. The SMILES string of the molecule is CCCN(CC(=O)NC)C(=O)c1c(O)cccc1O. The van der Waals surface area contributed by atoms with Crippen molar-refractivity contribution in [3.05, 3.63) is 23.8 Å². The Kier molecular flexibility index (Phi) is 5.17. The average Bonchev–Trinajstić information content (AvgIpc) is 2.37. The number of carbonyl (C=O) groups excluding carboxylic acids is 2. The van der Waals surface area contributed by atoms with Gasteiger partial charge in [-0.15, -0.1) is 0 Å². The zero-order chi connectivity index (χ0) is 14.4. The van der Waals surface area contributed by atoms with E-state index in [-0.39, 0.29) is 29.5 Å². The van der Waals surface area contributed by atoms with Crippen LogP contribution in [-0.2, 0) is 4.79 Å². The molecule has 104 valence electrons. The number of phenols is 2. The molecule has 2 amide bonds. The van der Waals surface area contributed by atoms with Gasteiger partial charge in [-0.2, -0.15) is 0 Å². The van der Waals surface area contributed by atoms with Crippen LogP contribution in [-0.4, -0.2) is 47.1 Å². The number of likely N-dealkylation sites (N-methyl/N-ethyl adjacent to an activating group) is 1. The van der Waals surface area contributed by atoms with Gasteiger partial charge in [-0.25, -0.2) is 0 Å². The Balaban J connectivity index is 3.02. The van der Waals surface area contributed by atoms with Crippen molar-refractivity contribution in [2.45, 2.75) is 13.3 Å². The second-order valence-corrected chi connectivity index (χ2v) is 4.07. The number of carbonyl (C=O) groups is 2. The fourth-order valence-corrected chi connectivity index (χ4v) is 1.68. The summed E-state index contributed by atoms with van der Waals surface area (Å²) in [5.41, 5.74) is -0.181. The highest BCUT2D eigenvalue weighted by Gasteiger charge is 2.23. The first-order valence-corrected chi connectivity index (χ1v) is 6.02. The fraction of sp³-hybridized carbons (Fsp3) is 0.385. The monoisotopic (exact) mass is 266 g/mol. The second kappa shape index (κ2) is 6.63. The molecule has 0 saturated heterocycles. The first-order chi connectivity index (χ1) is 9.01. The van der Waals surface area contributed by atoms with Crippen LogP contribution in [0, 0.1) is 0 Å². The van der Waals surface area contributed by atoms with Gasteiger partial charge in [0.05, 0.1) is 6.54 Å². The van der Waals surface area contributed by atoms with Crippen molar-refractivity contribution in [3.63, 3.8) is 0 Å². The maximum atomic E-state index is 12.3. The number of amides is 2. The molecule has 0 bridgehead atoms. The van der Waals surface area contributed by atoms with Gasteiger partial charge in [0.15, 0.2) is 0 Å². The van der Waals surface area contributed by atoms with E-state index < -0.39 is 5.91 Å². The number of nitrogens with zero attached hydrogens (tertiary/aromatic N) is 1. The number of nitrogens with one attached hydrogen (secondary N) is 1. The summed E-state index contributed by atoms with van der Waals surface area (Å²) in [5.74, 6) is -1.48.